The topological polar surface area (TPSA) is 127 Å². The Kier molecular flexibility index (Phi) is 7.89. The molecule has 3 aromatic rings. The number of aromatic nitrogens is 2. The maximum Gasteiger partial charge on any atom is 0.317 e. The van der Waals surface area contributed by atoms with Crippen molar-refractivity contribution in [3.8, 4) is 6.01 Å². The van der Waals surface area contributed by atoms with Crippen molar-refractivity contribution in [1.82, 2.24) is 15.3 Å². The molecule has 1 amide bonds. The second-order valence-corrected chi connectivity index (χ2v) is 10.2. The molecular formula is C28H34FN7O3. The van der Waals surface area contributed by atoms with Gasteiger partial charge in [-0.25, -0.2) is 9.37 Å². The molecule has 0 unspecified atom stereocenters. The average Bonchev–Trinajstić information content (AvgIpc) is 2.91. The van der Waals surface area contributed by atoms with Crippen LogP contribution in [0.15, 0.2) is 35.5 Å². The summed E-state index contributed by atoms with van der Waals surface area (Å²) in [7, 11) is 1.57. The highest BCUT2D eigenvalue weighted by Crippen LogP contribution is 2.32. The SMILES string of the molecule is CN=Cc1cc(NC(=O)c2ccc(N3C[C@@H](C)N[C@@H](C)C3)c3cnc(OC4CCOCC4)nc23)cc(F)c1N. The van der Waals surface area contributed by atoms with Crippen LogP contribution in [0.25, 0.3) is 10.9 Å². The number of halogens is 1. The molecule has 5 rings (SSSR count). The molecule has 206 valence electrons. The van der Waals surface area contributed by atoms with Crippen molar-refractivity contribution in [3.05, 3.63) is 47.4 Å². The van der Waals surface area contributed by atoms with Crippen LogP contribution in [0.2, 0.25) is 0 Å². The van der Waals surface area contributed by atoms with E-state index in [1.807, 2.05) is 6.07 Å². The Bertz CT molecular complexity index is 1380. The van der Waals surface area contributed by atoms with Gasteiger partial charge in [-0.1, -0.05) is 0 Å². The van der Waals surface area contributed by atoms with E-state index in [0.717, 1.165) is 37.0 Å². The number of nitrogen functional groups attached to an aromatic ring is 1. The number of nitrogens with one attached hydrogen (secondary N) is 2. The molecule has 2 aliphatic heterocycles. The number of hydrogen-bond acceptors (Lipinski definition) is 9. The van der Waals surface area contributed by atoms with Crippen molar-refractivity contribution in [2.24, 2.45) is 4.99 Å². The standard InChI is InChI=1S/C28H34FN7O3/c1-16-14-36(15-17(2)33-16)24-5-4-21(27(37)34-19-10-18(12-31-3)25(30)23(29)11-19)26-22(24)13-32-28(35-26)39-20-6-8-38-9-7-20/h4-5,10-13,16-17,20,33H,6-9,14-15,30H2,1-3H3,(H,34,37)/t16-,17+. The number of nitrogens with two attached hydrogens (primary N) is 1. The molecule has 10 nitrogen and oxygen atoms in total. The van der Waals surface area contributed by atoms with E-state index in [4.69, 9.17) is 20.2 Å². The summed E-state index contributed by atoms with van der Waals surface area (Å²) in [6, 6.07) is 7.24. The zero-order chi connectivity index (χ0) is 27.5. The van der Waals surface area contributed by atoms with Crippen LogP contribution in [0, 0.1) is 5.82 Å². The molecule has 2 atom stereocenters. The molecule has 3 heterocycles. The molecule has 2 aromatic carbocycles. The van der Waals surface area contributed by atoms with Crippen LogP contribution in [-0.4, -0.2) is 73.6 Å². The number of hydrogen-bond donors (Lipinski definition) is 3. The summed E-state index contributed by atoms with van der Waals surface area (Å²) in [6.07, 6.45) is 4.61. The summed E-state index contributed by atoms with van der Waals surface area (Å²) in [6.45, 7) is 7.14. The van der Waals surface area contributed by atoms with Crippen LogP contribution in [0.3, 0.4) is 0 Å². The van der Waals surface area contributed by atoms with E-state index < -0.39 is 11.7 Å². The van der Waals surface area contributed by atoms with Crippen molar-refractivity contribution in [2.75, 3.05) is 49.3 Å². The van der Waals surface area contributed by atoms with Gasteiger partial charge in [0.05, 0.1) is 30.0 Å². The minimum Gasteiger partial charge on any atom is -0.460 e. The maximum absolute atomic E-state index is 14.5. The van der Waals surface area contributed by atoms with Crippen molar-refractivity contribution >= 4 is 40.1 Å². The minimum absolute atomic E-state index is 0.0319. The van der Waals surface area contributed by atoms with E-state index in [-0.39, 0.29) is 23.5 Å². The molecule has 1 aromatic heterocycles. The normalized spacial score (nSPS) is 20.5. The third kappa shape index (κ3) is 5.94. The van der Waals surface area contributed by atoms with Crippen molar-refractivity contribution in [2.45, 2.75) is 44.9 Å². The van der Waals surface area contributed by atoms with Gasteiger partial charge in [0, 0.05) is 79.8 Å². The summed E-state index contributed by atoms with van der Waals surface area (Å²) in [5.74, 6) is -1.08. The molecule has 0 radical (unpaired) electrons. The van der Waals surface area contributed by atoms with Crippen LogP contribution >= 0.6 is 0 Å². The van der Waals surface area contributed by atoms with E-state index in [1.54, 1.807) is 25.4 Å². The molecule has 2 fully saturated rings. The molecule has 0 aliphatic carbocycles. The molecule has 0 saturated carbocycles. The number of carbonyl (C=O) groups is 1. The Hall–Kier alpha value is -3.83. The molecule has 2 saturated heterocycles. The Morgan fingerprint density at radius 1 is 1.26 bits per heavy atom. The van der Waals surface area contributed by atoms with E-state index in [1.165, 1.54) is 12.3 Å². The number of fused-ring (bicyclic) bond motifs is 1. The highest BCUT2D eigenvalue weighted by molar-refractivity contribution is 6.14. The van der Waals surface area contributed by atoms with E-state index in [2.05, 4.69) is 39.4 Å². The fourth-order valence-electron chi connectivity index (χ4n) is 5.23. The first-order chi connectivity index (χ1) is 18.8. The summed E-state index contributed by atoms with van der Waals surface area (Å²) >= 11 is 0. The van der Waals surface area contributed by atoms with Gasteiger partial charge in [-0.15, -0.1) is 0 Å². The lowest BCUT2D eigenvalue weighted by Gasteiger charge is -2.38. The Balaban J connectivity index is 1.53. The van der Waals surface area contributed by atoms with Gasteiger partial charge in [0.25, 0.3) is 5.91 Å². The molecule has 11 heteroatoms. The number of aliphatic imine (C=N–C) groups is 1. The number of carbonyl (C=O) groups excluding carboxylic acids is 1. The van der Waals surface area contributed by atoms with Gasteiger partial charge in [0.2, 0.25) is 0 Å². The van der Waals surface area contributed by atoms with Crippen LogP contribution in [0.1, 0.15) is 42.6 Å². The van der Waals surface area contributed by atoms with Crippen LogP contribution in [0.5, 0.6) is 6.01 Å². The summed E-state index contributed by atoms with van der Waals surface area (Å²) in [5, 5.41) is 7.08. The lowest BCUT2D eigenvalue weighted by Crippen LogP contribution is -2.54. The number of anilines is 3. The van der Waals surface area contributed by atoms with Crippen LogP contribution < -0.4 is 26.0 Å². The maximum atomic E-state index is 14.5. The Morgan fingerprint density at radius 3 is 2.72 bits per heavy atom. The predicted molar refractivity (Wildman–Crippen MR) is 151 cm³/mol. The monoisotopic (exact) mass is 535 g/mol. The fourth-order valence-corrected chi connectivity index (χ4v) is 5.23. The van der Waals surface area contributed by atoms with Crippen molar-refractivity contribution in [3.63, 3.8) is 0 Å². The van der Waals surface area contributed by atoms with E-state index >= 15 is 0 Å². The lowest BCUT2D eigenvalue weighted by atomic mass is 10.0. The number of rotatable bonds is 6. The third-order valence-corrected chi connectivity index (χ3v) is 6.98. The van der Waals surface area contributed by atoms with Gasteiger partial charge in [-0.3, -0.25) is 9.79 Å². The fraction of sp³-hybridized carbons (Fsp3) is 0.429. The second-order valence-electron chi connectivity index (χ2n) is 10.2. The molecule has 0 bridgehead atoms. The molecule has 2 aliphatic rings. The molecule has 0 spiro atoms. The molecule has 39 heavy (non-hydrogen) atoms. The van der Waals surface area contributed by atoms with Gasteiger partial charge >= 0.3 is 6.01 Å². The Morgan fingerprint density at radius 2 is 2.00 bits per heavy atom. The zero-order valence-electron chi connectivity index (χ0n) is 22.4. The number of benzene rings is 2. The van der Waals surface area contributed by atoms with E-state index in [9.17, 15) is 9.18 Å². The summed E-state index contributed by atoms with van der Waals surface area (Å²) in [4.78, 5) is 29.0. The van der Waals surface area contributed by atoms with Crippen molar-refractivity contribution < 1.29 is 18.7 Å². The van der Waals surface area contributed by atoms with Crippen LogP contribution in [-0.2, 0) is 4.74 Å². The highest BCUT2D eigenvalue weighted by Gasteiger charge is 2.25. The first kappa shape index (κ1) is 26.8. The number of ether oxygens (including phenoxy) is 2. The molecular weight excluding hydrogens is 501 g/mol. The highest BCUT2D eigenvalue weighted by atomic mass is 19.1. The van der Waals surface area contributed by atoms with Crippen LogP contribution in [0.4, 0.5) is 21.5 Å². The number of nitrogens with zero attached hydrogens (tertiary/aromatic N) is 4. The number of amides is 1. The van der Waals surface area contributed by atoms with E-state index in [0.29, 0.717) is 41.9 Å². The lowest BCUT2D eigenvalue weighted by molar-refractivity contribution is 0.0218. The first-order valence-corrected chi connectivity index (χ1v) is 13.2. The molecule has 4 N–H and O–H groups in total. The smallest absolute Gasteiger partial charge is 0.317 e. The van der Waals surface area contributed by atoms with Gasteiger partial charge in [0.1, 0.15) is 11.9 Å². The van der Waals surface area contributed by atoms with Gasteiger partial charge in [-0.2, -0.15) is 4.98 Å². The summed E-state index contributed by atoms with van der Waals surface area (Å²) in [5.41, 5.74) is 8.17. The predicted octanol–water partition coefficient (Wildman–Crippen LogP) is 3.40. The first-order valence-electron chi connectivity index (χ1n) is 13.2. The van der Waals surface area contributed by atoms with Crippen molar-refractivity contribution in [1.29, 1.82) is 0 Å². The minimum atomic E-state index is -0.640. The average molecular weight is 536 g/mol. The van der Waals surface area contributed by atoms with Gasteiger partial charge in [0.15, 0.2) is 0 Å². The Labute approximate surface area is 226 Å². The summed E-state index contributed by atoms with van der Waals surface area (Å²) < 4.78 is 26.0. The zero-order valence-corrected chi connectivity index (χ0v) is 22.4. The third-order valence-electron chi connectivity index (χ3n) is 6.98. The number of piperazine rings is 1. The van der Waals surface area contributed by atoms with Gasteiger partial charge in [-0.05, 0) is 38.1 Å². The quantitative estimate of drug-likeness (QED) is 0.324. The second kappa shape index (κ2) is 11.5. The largest absolute Gasteiger partial charge is 0.460 e. The van der Waals surface area contributed by atoms with Gasteiger partial charge < -0.3 is 30.7 Å².